The third-order valence-corrected chi connectivity index (χ3v) is 3.43. The van der Waals surface area contributed by atoms with E-state index < -0.39 is 12.0 Å². The first-order chi connectivity index (χ1) is 9.47. The number of hydrogen-bond acceptors (Lipinski definition) is 3. The number of halogens is 2. The quantitative estimate of drug-likeness (QED) is 0.897. The Kier molecular flexibility index (Phi) is 4.47. The number of allylic oxidation sites excluding steroid dienone is 2. The van der Waals surface area contributed by atoms with Crippen LogP contribution >= 0.6 is 23.2 Å². The topological polar surface area (TPSA) is 66.4 Å². The highest BCUT2D eigenvalue weighted by Crippen LogP contribution is 2.28. The molecule has 1 aromatic carbocycles. The normalized spacial score (nSPS) is 15.6. The Morgan fingerprint density at radius 2 is 1.80 bits per heavy atom. The molecule has 2 N–H and O–H groups in total. The summed E-state index contributed by atoms with van der Waals surface area (Å²) < 4.78 is 0. The summed E-state index contributed by atoms with van der Waals surface area (Å²) in [5, 5.41) is 12.5. The highest BCUT2D eigenvalue weighted by Gasteiger charge is 2.23. The van der Waals surface area contributed by atoms with Crippen LogP contribution in [0.25, 0.3) is 0 Å². The van der Waals surface area contributed by atoms with Crippen molar-refractivity contribution in [1.29, 1.82) is 0 Å². The predicted molar refractivity (Wildman–Crippen MR) is 78.1 cm³/mol. The Hall–Kier alpha value is -1.78. The highest BCUT2D eigenvalue weighted by molar-refractivity contribution is 6.39. The van der Waals surface area contributed by atoms with Crippen molar-refractivity contribution in [3.63, 3.8) is 0 Å². The van der Waals surface area contributed by atoms with E-state index in [4.69, 9.17) is 28.3 Å². The van der Waals surface area contributed by atoms with E-state index in [1.54, 1.807) is 24.3 Å². The van der Waals surface area contributed by atoms with Crippen LogP contribution in [-0.2, 0) is 16.0 Å². The molecular weight excluding hydrogens is 301 g/mol. The lowest BCUT2D eigenvalue weighted by Gasteiger charge is -2.22. The zero-order valence-corrected chi connectivity index (χ0v) is 11.8. The number of ketones is 1. The van der Waals surface area contributed by atoms with Gasteiger partial charge < -0.3 is 10.4 Å². The molecule has 20 heavy (non-hydrogen) atoms. The van der Waals surface area contributed by atoms with E-state index in [1.807, 2.05) is 0 Å². The minimum Gasteiger partial charge on any atom is -0.481 e. The number of aliphatic carboxylic acids is 1. The molecule has 0 unspecified atom stereocenters. The number of anilines is 1. The average molecular weight is 312 g/mol. The SMILES string of the molecule is O=C1C=C(Cl)C(Nc2ccccc2CC(=O)O)C(Cl)=C1. The standard InChI is InChI=1S/C14H11Cl2NO3/c15-10-6-9(18)7-11(16)14(10)17-12-4-2-1-3-8(12)5-13(19)20/h1-4,6-7,14,17H,5H2,(H,19,20). The molecule has 4 nitrogen and oxygen atoms in total. The first-order valence-electron chi connectivity index (χ1n) is 5.82. The maximum absolute atomic E-state index is 11.3. The minimum absolute atomic E-state index is 0.114. The third kappa shape index (κ3) is 3.40. The number of nitrogens with one attached hydrogen (secondary N) is 1. The van der Waals surface area contributed by atoms with E-state index in [0.29, 0.717) is 11.3 Å². The summed E-state index contributed by atoms with van der Waals surface area (Å²) in [6.07, 6.45) is 2.45. The van der Waals surface area contributed by atoms with Crippen molar-refractivity contribution in [2.45, 2.75) is 12.5 Å². The van der Waals surface area contributed by atoms with Crippen molar-refractivity contribution in [3.05, 3.63) is 52.0 Å². The largest absolute Gasteiger partial charge is 0.481 e. The van der Waals surface area contributed by atoms with Crippen molar-refractivity contribution in [1.82, 2.24) is 0 Å². The molecule has 0 spiro atoms. The molecule has 0 bridgehead atoms. The van der Waals surface area contributed by atoms with Crippen molar-refractivity contribution >= 4 is 40.6 Å². The van der Waals surface area contributed by atoms with Gasteiger partial charge in [0.25, 0.3) is 0 Å². The zero-order valence-electron chi connectivity index (χ0n) is 10.3. The van der Waals surface area contributed by atoms with E-state index in [2.05, 4.69) is 5.32 Å². The van der Waals surface area contributed by atoms with Gasteiger partial charge in [-0.3, -0.25) is 9.59 Å². The van der Waals surface area contributed by atoms with Gasteiger partial charge in [0, 0.05) is 27.9 Å². The first kappa shape index (κ1) is 14.6. The zero-order chi connectivity index (χ0) is 14.7. The lowest BCUT2D eigenvalue weighted by Crippen LogP contribution is -2.25. The molecular formula is C14H11Cl2NO3. The van der Waals surface area contributed by atoms with Crippen LogP contribution < -0.4 is 5.32 Å². The Bertz CT molecular complexity index is 601. The molecule has 104 valence electrons. The van der Waals surface area contributed by atoms with Crippen LogP contribution in [0.4, 0.5) is 5.69 Å². The second kappa shape index (κ2) is 6.11. The van der Waals surface area contributed by atoms with Crippen LogP contribution in [0.1, 0.15) is 5.56 Å². The lowest BCUT2D eigenvalue weighted by atomic mass is 10.1. The Morgan fingerprint density at radius 1 is 1.20 bits per heavy atom. The summed E-state index contributed by atoms with van der Waals surface area (Å²) in [6.45, 7) is 0. The van der Waals surface area contributed by atoms with Gasteiger partial charge >= 0.3 is 5.97 Å². The van der Waals surface area contributed by atoms with Gasteiger partial charge in [0.1, 0.15) is 0 Å². The van der Waals surface area contributed by atoms with Crippen LogP contribution in [0.3, 0.4) is 0 Å². The third-order valence-electron chi connectivity index (χ3n) is 2.77. The summed E-state index contributed by atoms with van der Waals surface area (Å²) in [7, 11) is 0. The van der Waals surface area contributed by atoms with E-state index in [1.165, 1.54) is 12.2 Å². The molecule has 0 fully saturated rings. The first-order valence-corrected chi connectivity index (χ1v) is 6.57. The Morgan fingerprint density at radius 3 is 2.40 bits per heavy atom. The fourth-order valence-electron chi connectivity index (χ4n) is 1.88. The molecule has 0 saturated carbocycles. The number of carbonyl (C=O) groups is 2. The fraction of sp³-hybridized carbons (Fsp3) is 0.143. The van der Waals surface area contributed by atoms with Crippen LogP contribution in [0.2, 0.25) is 0 Å². The number of carboxylic acids is 1. The molecule has 1 aromatic rings. The number of carbonyl (C=O) groups excluding carboxylic acids is 1. The van der Waals surface area contributed by atoms with E-state index >= 15 is 0 Å². The summed E-state index contributed by atoms with van der Waals surface area (Å²) in [6, 6.07) is 6.44. The van der Waals surface area contributed by atoms with Crippen LogP contribution in [0.5, 0.6) is 0 Å². The monoisotopic (exact) mass is 311 g/mol. The number of rotatable bonds is 4. The van der Waals surface area contributed by atoms with Gasteiger partial charge in [-0.2, -0.15) is 0 Å². The molecule has 0 atom stereocenters. The van der Waals surface area contributed by atoms with Gasteiger partial charge in [0.2, 0.25) is 0 Å². The van der Waals surface area contributed by atoms with Gasteiger partial charge in [-0.05, 0) is 11.6 Å². The smallest absolute Gasteiger partial charge is 0.307 e. The summed E-state index contributed by atoms with van der Waals surface area (Å²) in [5.74, 6) is -1.20. The van der Waals surface area contributed by atoms with Crippen molar-refractivity contribution in [2.24, 2.45) is 0 Å². The van der Waals surface area contributed by atoms with E-state index in [9.17, 15) is 9.59 Å². The average Bonchev–Trinajstić information content (AvgIpc) is 2.34. The van der Waals surface area contributed by atoms with E-state index in [0.717, 1.165) is 0 Å². The van der Waals surface area contributed by atoms with E-state index in [-0.39, 0.29) is 22.3 Å². The van der Waals surface area contributed by atoms with Gasteiger partial charge in [-0.25, -0.2) is 0 Å². The molecule has 1 aliphatic carbocycles. The summed E-state index contributed by atoms with van der Waals surface area (Å²) >= 11 is 12.0. The lowest BCUT2D eigenvalue weighted by molar-refractivity contribution is -0.136. The molecule has 2 rings (SSSR count). The molecule has 0 heterocycles. The fourth-order valence-corrected chi connectivity index (χ4v) is 2.50. The molecule has 1 aliphatic rings. The number of para-hydroxylation sites is 1. The number of benzene rings is 1. The van der Waals surface area contributed by atoms with Crippen LogP contribution in [-0.4, -0.2) is 22.9 Å². The number of hydrogen-bond donors (Lipinski definition) is 2. The van der Waals surface area contributed by atoms with Crippen molar-refractivity contribution in [2.75, 3.05) is 5.32 Å². The molecule has 6 heteroatoms. The number of carboxylic acid groups (broad SMARTS) is 1. The molecule has 0 aromatic heterocycles. The molecule has 0 saturated heterocycles. The minimum atomic E-state index is -0.929. The molecule has 0 radical (unpaired) electrons. The van der Waals surface area contributed by atoms with Crippen LogP contribution in [0.15, 0.2) is 46.5 Å². The summed E-state index contributed by atoms with van der Waals surface area (Å²) in [5.41, 5.74) is 1.23. The summed E-state index contributed by atoms with van der Waals surface area (Å²) in [4.78, 5) is 22.1. The van der Waals surface area contributed by atoms with Gasteiger partial charge in [-0.1, -0.05) is 41.4 Å². The highest BCUT2D eigenvalue weighted by atomic mass is 35.5. The van der Waals surface area contributed by atoms with Gasteiger partial charge in [0.05, 0.1) is 12.5 Å². The molecule has 0 aliphatic heterocycles. The maximum atomic E-state index is 11.3. The second-order valence-corrected chi connectivity index (χ2v) is 5.14. The van der Waals surface area contributed by atoms with Gasteiger partial charge in [-0.15, -0.1) is 0 Å². The second-order valence-electron chi connectivity index (χ2n) is 4.27. The Labute approximate surface area is 125 Å². The Balaban J connectivity index is 2.26. The van der Waals surface area contributed by atoms with Crippen molar-refractivity contribution in [3.8, 4) is 0 Å². The predicted octanol–water partition coefficient (Wildman–Crippen LogP) is 2.92. The molecule has 0 amide bonds. The maximum Gasteiger partial charge on any atom is 0.307 e. The van der Waals surface area contributed by atoms with Crippen LogP contribution in [0, 0.1) is 0 Å². The van der Waals surface area contributed by atoms with Gasteiger partial charge in [0.15, 0.2) is 5.78 Å². The van der Waals surface area contributed by atoms with Crippen molar-refractivity contribution < 1.29 is 14.7 Å².